The molecule has 4 fully saturated rings. The molecule has 7 heterocycles. The van der Waals surface area contributed by atoms with Gasteiger partial charge in [-0.05, 0) is 86.5 Å². The molecule has 0 radical (unpaired) electrons. The van der Waals surface area contributed by atoms with E-state index in [0.717, 1.165) is 128 Å². The highest BCUT2D eigenvalue weighted by Gasteiger charge is 2.45. The molecule has 5 aliphatic heterocycles. The average molecular weight is 861 g/mol. The molecule has 2 aromatic heterocycles. The maximum absolute atomic E-state index is 13.4. The van der Waals surface area contributed by atoms with Crippen LogP contribution in [0.2, 0.25) is 0 Å². The van der Waals surface area contributed by atoms with Crippen molar-refractivity contribution in [1.29, 1.82) is 0 Å². The summed E-state index contributed by atoms with van der Waals surface area (Å²) in [6, 6.07) is 10.7. The van der Waals surface area contributed by atoms with Gasteiger partial charge in [-0.15, -0.1) is 0 Å². The number of methoxy groups -OCH3 is 3. The molecule has 0 aliphatic carbocycles. The van der Waals surface area contributed by atoms with Gasteiger partial charge in [0.1, 0.15) is 23.4 Å². The maximum atomic E-state index is 13.4. The van der Waals surface area contributed by atoms with Crippen LogP contribution in [0.15, 0.2) is 53.6 Å². The summed E-state index contributed by atoms with van der Waals surface area (Å²) in [6.45, 7) is 8.49. The largest absolute Gasteiger partial charge is 0.496 e. The van der Waals surface area contributed by atoms with Gasteiger partial charge in [0.05, 0.1) is 42.9 Å². The van der Waals surface area contributed by atoms with E-state index in [2.05, 4.69) is 42.0 Å². The molecule has 2 unspecified atom stereocenters. The summed E-state index contributed by atoms with van der Waals surface area (Å²) in [5.74, 6) is 0.927. The number of anilines is 2. The first-order chi connectivity index (χ1) is 30.5. The zero-order chi connectivity index (χ0) is 43.9. The minimum atomic E-state index is -0.976. The topological polar surface area (TPSA) is 159 Å². The van der Waals surface area contributed by atoms with Gasteiger partial charge in [-0.25, -0.2) is 4.98 Å². The Morgan fingerprint density at radius 1 is 0.794 bits per heavy atom. The Labute approximate surface area is 366 Å². The predicted octanol–water partition coefficient (Wildman–Crippen LogP) is 3.67. The number of aryl methyl sites for hydroxylation is 1. The number of nitrogens with zero attached hydrogens (tertiary/aromatic N) is 7. The molecule has 332 valence electrons. The first-order valence-corrected chi connectivity index (χ1v) is 22.1. The third-order valence-electron chi connectivity index (χ3n) is 13.8. The van der Waals surface area contributed by atoms with Crippen molar-refractivity contribution in [3.63, 3.8) is 0 Å². The number of amides is 4. The van der Waals surface area contributed by atoms with Crippen LogP contribution in [0.5, 0.6) is 11.5 Å². The van der Waals surface area contributed by atoms with Gasteiger partial charge in [-0.2, -0.15) is 0 Å². The molecule has 4 amide bonds. The van der Waals surface area contributed by atoms with E-state index in [0.29, 0.717) is 35.6 Å². The second-order valence-corrected chi connectivity index (χ2v) is 17.5. The fourth-order valence-electron chi connectivity index (χ4n) is 10.0. The van der Waals surface area contributed by atoms with E-state index in [9.17, 15) is 24.0 Å². The minimum absolute atomic E-state index is 0.0876. The van der Waals surface area contributed by atoms with E-state index in [1.54, 1.807) is 51.3 Å². The monoisotopic (exact) mass is 860 g/mol. The van der Waals surface area contributed by atoms with Gasteiger partial charge in [-0.1, -0.05) is 0 Å². The number of hydrogen-bond acceptors (Lipinski definition) is 13. The molecule has 5 aliphatic rings. The van der Waals surface area contributed by atoms with Crippen LogP contribution in [0.25, 0.3) is 21.9 Å². The van der Waals surface area contributed by atoms with Gasteiger partial charge in [0.25, 0.3) is 17.4 Å². The molecular formula is C47H56N8O8. The number of benzene rings is 2. The molecule has 4 aromatic rings. The normalized spacial score (nSPS) is 21.2. The molecule has 2 atom stereocenters. The first kappa shape index (κ1) is 42.5. The van der Waals surface area contributed by atoms with Crippen LogP contribution < -0.4 is 30.1 Å². The summed E-state index contributed by atoms with van der Waals surface area (Å²) in [6.07, 6.45) is 8.08. The van der Waals surface area contributed by atoms with Gasteiger partial charge < -0.3 is 33.5 Å². The van der Waals surface area contributed by atoms with E-state index in [-0.39, 0.29) is 24.4 Å². The lowest BCUT2D eigenvalue weighted by Gasteiger charge is -2.42. The third kappa shape index (κ3) is 8.15. The lowest BCUT2D eigenvalue weighted by molar-refractivity contribution is -0.136. The van der Waals surface area contributed by atoms with Crippen molar-refractivity contribution < 1.29 is 33.4 Å². The summed E-state index contributed by atoms with van der Waals surface area (Å²) in [4.78, 5) is 79.2. The second kappa shape index (κ2) is 17.7. The Bertz CT molecular complexity index is 2490. The summed E-state index contributed by atoms with van der Waals surface area (Å²) >= 11 is 0. The molecule has 4 saturated heterocycles. The Morgan fingerprint density at radius 2 is 1.54 bits per heavy atom. The lowest BCUT2D eigenvalue weighted by Crippen LogP contribution is -2.54. The number of aromatic nitrogens is 2. The van der Waals surface area contributed by atoms with E-state index in [4.69, 9.17) is 14.2 Å². The maximum Gasteiger partial charge on any atom is 0.262 e. The summed E-state index contributed by atoms with van der Waals surface area (Å²) in [7, 11) is 6.90. The smallest absolute Gasteiger partial charge is 0.262 e. The van der Waals surface area contributed by atoms with Crippen molar-refractivity contribution >= 4 is 45.9 Å². The molecule has 0 bridgehead atoms. The fourth-order valence-corrected chi connectivity index (χ4v) is 10.0. The Hall–Kier alpha value is -5.84. The van der Waals surface area contributed by atoms with Crippen LogP contribution in [0, 0.1) is 5.92 Å². The van der Waals surface area contributed by atoms with Gasteiger partial charge in [0, 0.05) is 108 Å². The Morgan fingerprint density at radius 3 is 2.22 bits per heavy atom. The van der Waals surface area contributed by atoms with E-state index >= 15 is 0 Å². The molecule has 16 nitrogen and oxygen atoms in total. The minimum Gasteiger partial charge on any atom is -0.496 e. The molecular weight excluding hydrogens is 805 g/mol. The van der Waals surface area contributed by atoms with Crippen LogP contribution in [-0.2, 0) is 27.9 Å². The highest BCUT2D eigenvalue weighted by atomic mass is 16.5. The number of carbonyl (C=O) groups is 4. The first-order valence-electron chi connectivity index (χ1n) is 22.1. The molecule has 0 spiro atoms. The summed E-state index contributed by atoms with van der Waals surface area (Å²) in [5.41, 5.74) is 4.19. The molecule has 1 N–H and O–H groups in total. The second-order valence-electron chi connectivity index (χ2n) is 17.5. The van der Waals surface area contributed by atoms with Gasteiger partial charge in [-0.3, -0.25) is 39.1 Å². The molecule has 2 aromatic carbocycles. The number of fused-ring (bicyclic) bond motifs is 2. The van der Waals surface area contributed by atoms with Crippen LogP contribution in [-0.4, -0.2) is 140 Å². The SMILES string of the molecule is COCC1CN(CCC2CCN(c3ccc4c(c3)C(=O)N(C3CCC(=O)NC3=O)C4=O)CC2)CCN1Cc1c(OC)cc(-c2cn(C)c(=O)c3cnc(N4CCC4)cc23)cc1OC. The number of ether oxygens (including phenoxy) is 3. The van der Waals surface area contributed by atoms with Gasteiger partial charge in [0.2, 0.25) is 11.8 Å². The quantitative estimate of drug-likeness (QED) is 0.195. The molecule has 63 heavy (non-hydrogen) atoms. The van der Waals surface area contributed by atoms with Crippen LogP contribution in [0.3, 0.4) is 0 Å². The number of rotatable bonds is 13. The van der Waals surface area contributed by atoms with Crippen molar-refractivity contribution in [2.24, 2.45) is 13.0 Å². The number of piperidine rings is 2. The number of imide groups is 2. The van der Waals surface area contributed by atoms with Crippen molar-refractivity contribution in [1.82, 2.24) is 29.6 Å². The zero-order valence-corrected chi connectivity index (χ0v) is 36.6. The Balaban J connectivity index is 0.825. The number of hydrogen-bond donors (Lipinski definition) is 1. The number of pyridine rings is 2. The van der Waals surface area contributed by atoms with Crippen LogP contribution in [0.4, 0.5) is 11.5 Å². The lowest BCUT2D eigenvalue weighted by atomic mass is 9.92. The number of carbonyl (C=O) groups excluding carboxylic acids is 4. The Kier molecular flexibility index (Phi) is 12.0. The average Bonchev–Trinajstić information content (AvgIpc) is 3.52. The highest BCUT2D eigenvalue weighted by molar-refractivity contribution is 6.23. The van der Waals surface area contributed by atoms with Gasteiger partial charge >= 0.3 is 0 Å². The number of piperazine rings is 1. The molecule has 0 saturated carbocycles. The molecule has 16 heteroatoms. The zero-order valence-electron chi connectivity index (χ0n) is 36.6. The van der Waals surface area contributed by atoms with Gasteiger partial charge in [0.15, 0.2) is 0 Å². The van der Waals surface area contributed by atoms with Crippen LogP contribution >= 0.6 is 0 Å². The summed E-state index contributed by atoms with van der Waals surface area (Å²) in [5, 5.41) is 3.68. The van der Waals surface area contributed by atoms with E-state index in [1.807, 2.05) is 18.3 Å². The molecule has 9 rings (SSSR count). The number of nitrogens with one attached hydrogen (secondary N) is 1. The van der Waals surface area contributed by atoms with E-state index in [1.165, 1.54) is 0 Å². The standard InChI is InChI=1S/C47H56N8O8/c1-50-26-37(34-23-42(53-13-5-14-53)48-24-36(34)45(50)58)30-20-40(62-3)38(41(21-30)63-4)27-54-19-18-51(25-32(54)28-61-2)15-10-29-11-16-52(17-12-29)31-6-7-33-35(22-31)47(60)55(46(33)59)39-8-9-43(56)49-44(39)57/h6-7,20-24,26,29,32,39H,5,8-19,25,27-28H2,1-4H3,(H,49,56,57). The van der Waals surface area contributed by atoms with Crippen molar-refractivity contribution in [2.75, 3.05) is 90.1 Å². The van der Waals surface area contributed by atoms with Crippen molar-refractivity contribution in [3.05, 3.63) is 75.8 Å². The summed E-state index contributed by atoms with van der Waals surface area (Å²) < 4.78 is 19.5. The highest BCUT2D eigenvalue weighted by Crippen LogP contribution is 2.39. The van der Waals surface area contributed by atoms with E-state index < -0.39 is 29.7 Å². The third-order valence-corrected chi connectivity index (χ3v) is 13.8. The van der Waals surface area contributed by atoms with Crippen molar-refractivity contribution in [2.45, 2.75) is 57.2 Å². The fraction of sp³-hybridized carbons (Fsp3) is 0.489. The predicted molar refractivity (Wildman–Crippen MR) is 238 cm³/mol. The van der Waals surface area contributed by atoms with Crippen molar-refractivity contribution in [3.8, 4) is 22.6 Å². The van der Waals surface area contributed by atoms with Crippen LogP contribution in [0.1, 0.15) is 64.8 Å².